The minimum Gasteiger partial charge on any atom is -0.394 e. The van der Waals surface area contributed by atoms with Crippen LogP contribution in [0.15, 0.2) is 85.1 Å². The molecular formula is C69H125NO3. The summed E-state index contributed by atoms with van der Waals surface area (Å²) < 4.78 is 0. The predicted octanol–water partition coefficient (Wildman–Crippen LogP) is 21.9. The molecular weight excluding hydrogens is 891 g/mol. The average molecular weight is 1020 g/mol. The Bertz CT molecular complexity index is 1290. The number of hydrogen-bond acceptors (Lipinski definition) is 3. The van der Waals surface area contributed by atoms with Crippen molar-refractivity contribution in [1.82, 2.24) is 5.32 Å². The van der Waals surface area contributed by atoms with Gasteiger partial charge >= 0.3 is 0 Å². The number of rotatable bonds is 59. The zero-order valence-electron chi connectivity index (χ0n) is 48.9. The Morgan fingerprint density at radius 3 is 0.959 bits per heavy atom. The molecule has 0 fully saturated rings. The van der Waals surface area contributed by atoms with Crippen LogP contribution in [0.2, 0.25) is 0 Å². The molecule has 1 amide bonds. The maximum atomic E-state index is 12.5. The van der Waals surface area contributed by atoms with Crippen molar-refractivity contribution in [3.05, 3.63) is 85.1 Å². The fourth-order valence-electron chi connectivity index (χ4n) is 9.74. The summed E-state index contributed by atoms with van der Waals surface area (Å²) in [6.45, 7) is 4.21. The molecule has 0 aromatic carbocycles. The van der Waals surface area contributed by atoms with Gasteiger partial charge < -0.3 is 15.5 Å². The van der Waals surface area contributed by atoms with Gasteiger partial charge in [0, 0.05) is 6.42 Å². The van der Waals surface area contributed by atoms with Gasteiger partial charge in [-0.15, -0.1) is 0 Å². The Kier molecular flexibility index (Phi) is 61.7. The molecule has 0 saturated heterocycles. The Morgan fingerprint density at radius 2 is 0.616 bits per heavy atom. The first kappa shape index (κ1) is 70.6. The Balaban J connectivity index is 3.50. The zero-order valence-corrected chi connectivity index (χ0v) is 48.9. The molecule has 0 rings (SSSR count). The second-order valence-corrected chi connectivity index (χ2v) is 21.8. The van der Waals surface area contributed by atoms with Gasteiger partial charge in [-0.05, 0) is 83.5 Å². The van der Waals surface area contributed by atoms with Crippen molar-refractivity contribution in [2.75, 3.05) is 6.61 Å². The molecule has 2 atom stereocenters. The van der Waals surface area contributed by atoms with Crippen LogP contribution in [0.4, 0.5) is 0 Å². The number of aliphatic hydroxyl groups excluding tert-OH is 2. The number of carbonyl (C=O) groups is 1. The number of hydrogen-bond donors (Lipinski definition) is 3. The van der Waals surface area contributed by atoms with Gasteiger partial charge in [0.15, 0.2) is 0 Å². The molecule has 0 aliphatic rings. The van der Waals surface area contributed by atoms with Crippen LogP contribution in [0.3, 0.4) is 0 Å². The van der Waals surface area contributed by atoms with Gasteiger partial charge in [0.05, 0.1) is 18.8 Å². The molecule has 73 heavy (non-hydrogen) atoms. The van der Waals surface area contributed by atoms with E-state index in [2.05, 4.69) is 92.1 Å². The fraction of sp³-hybridized carbons (Fsp3) is 0.783. The summed E-state index contributed by atoms with van der Waals surface area (Å²) in [7, 11) is 0. The normalized spacial score (nSPS) is 13.3. The van der Waals surface area contributed by atoms with E-state index in [0.717, 1.165) is 64.2 Å². The number of aliphatic hydroxyl groups is 2. The van der Waals surface area contributed by atoms with Crippen molar-refractivity contribution < 1.29 is 15.0 Å². The van der Waals surface area contributed by atoms with Crippen LogP contribution < -0.4 is 5.32 Å². The smallest absolute Gasteiger partial charge is 0.220 e. The van der Waals surface area contributed by atoms with E-state index < -0.39 is 12.1 Å². The van der Waals surface area contributed by atoms with Gasteiger partial charge in [0.25, 0.3) is 0 Å². The number of nitrogens with one attached hydrogen (secondary N) is 1. The minimum absolute atomic E-state index is 0.0742. The highest BCUT2D eigenvalue weighted by Crippen LogP contribution is 2.18. The summed E-state index contributed by atoms with van der Waals surface area (Å²) >= 11 is 0. The van der Waals surface area contributed by atoms with Crippen LogP contribution in [-0.4, -0.2) is 34.9 Å². The van der Waals surface area contributed by atoms with E-state index in [0.29, 0.717) is 6.42 Å². The largest absolute Gasteiger partial charge is 0.394 e. The molecule has 4 heteroatoms. The Morgan fingerprint density at radius 1 is 0.342 bits per heavy atom. The second-order valence-electron chi connectivity index (χ2n) is 21.8. The molecule has 0 radical (unpaired) electrons. The third kappa shape index (κ3) is 60.3. The highest BCUT2D eigenvalue weighted by atomic mass is 16.3. The minimum atomic E-state index is -0.874. The third-order valence-electron chi connectivity index (χ3n) is 14.6. The van der Waals surface area contributed by atoms with E-state index >= 15 is 0 Å². The quantitative estimate of drug-likeness (QED) is 0.0420. The van der Waals surface area contributed by atoms with Crippen LogP contribution in [0.25, 0.3) is 0 Å². The second kappa shape index (κ2) is 63.9. The predicted molar refractivity (Wildman–Crippen MR) is 327 cm³/mol. The molecule has 0 spiro atoms. The fourth-order valence-corrected chi connectivity index (χ4v) is 9.74. The van der Waals surface area contributed by atoms with Crippen molar-refractivity contribution >= 4 is 5.91 Å². The number of unbranched alkanes of at least 4 members (excludes halogenated alkanes) is 40. The van der Waals surface area contributed by atoms with Crippen LogP contribution in [0.5, 0.6) is 0 Å². The summed E-state index contributed by atoms with van der Waals surface area (Å²) in [5, 5.41) is 23.2. The van der Waals surface area contributed by atoms with Gasteiger partial charge in [-0.3, -0.25) is 4.79 Å². The van der Waals surface area contributed by atoms with E-state index in [-0.39, 0.29) is 12.5 Å². The highest BCUT2D eigenvalue weighted by Gasteiger charge is 2.18. The lowest BCUT2D eigenvalue weighted by Crippen LogP contribution is -2.45. The SMILES string of the molecule is CC/C=C\C/C=C\C/C=C\C/C=C\CCCCCCCCCCCCCCCCCCCCCCCCC(=O)NC(CO)C(O)/C=C/CC/C=C/CC/C=C/CCCCCCCCCCCCCCCCCC. The number of allylic oxidation sites excluding steroid dienone is 13. The van der Waals surface area contributed by atoms with E-state index in [1.807, 2.05) is 6.08 Å². The summed E-state index contributed by atoms with van der Waals surface area (Å²) in [5.41, 5.74) is 0. The molecule has 0 bridgehead atoms. The lowest BCUT2D eigenvalue weighted by atomic mass is 10.0. The van der Waals surface area contributed by atoms with Crippen molar-refractivity contribution in [2.24, 2.45) is 0 Å². The first-order valence-electron chi connectivity index (χ1n) is 32.3. The molecule has 0 saturated carbocycles. The lowest BCUT2D eigenvalue weighted by molar-refractivity contribution is -0.123. The van der Waals surface area contributed by atoms with Crippen LogP contribution in [0, 0.1) is 0 Å². The molecule has 0 heterocycles. The highest BCUT2D eigenvalue weighted by molar-refractivity contribution is 5.76. The van der Waals surface area contributed by atoms with Crippen molar-refractivity contribution in [3.8, 4) is 0 Å². The topological polar surface area (TPSA) is 69.6 Å². The molecule has 424 valence electrons. The monoisotopic (exact) mass is 1020 g/mol. The van der Waals surface area contributed by atoms with Crippen LogP contribution >= 0.6 is 0 Å². The first-order chi connectivity index (χ1) is 36.2. The molecule has 0 aliphatic carbocycles. The molecule has 0 aromatic heterocycles. The van der Waals surface area contributed by atoms with E-state index in [4.69, 9.17) is 0 Å². The molecule has 0 aromatic rings. The number of carbonyl (C=O) groups excluding carboxylic acids is 1. The van der Waals surface area contributed by atoms with Gasteiger partial charge in [0.2, 0.25) is 5.91 Å². The van der Waals surface area contributed by atoms with Gasteiger partial charge in [-0.2, -0.15) is 0 Å². The van der Waals surface area contributed by atoms with Crippen LogP contribution in [-0.2, 0) is 4.79 Å². The molecule has 2 unspecified atom stereocenters. The standard InChI is InChI=1S/C69H125NO3/c1-3-5-7-9-11-13-15-17-19-21-23-25-27-29-31-32-33-34-35-36-37-38-39-41-43-45-47-49-51-53-55-57-59-61-63-65-69(73)70-67(66-71)68(72)64-62-60-58-56-54-52-50-48-46-44-42-40-30-28-26-24-22-20-18-16-14-12-10-8-6-4-2/h5,7,11,13,17,19,23,25,46,48,54,56,62,64,67-68,71-72H,3-4,6,8-10,12,14-16,18,20-22,24,26-45,47,49-53,55,57-61,63,65-66H2,1-2H3,(H,70,73)/b7-5-,13-11-,19-17-,25-23-,48-46+,56-54+,64-62+. The van der Waals surface area contributed by atoms with Crippen molar-refractivity contribution in [3.63, 3.8) is 0 Å². The summed E-state index contributed by atoms with van der Waals surface area (Å²) in [5.74, 6) is -0.0742. The molecule has 4 nitrogen and oxygen atoms in total. The van der Waals surface area contributed by atoms with Gasteiger partial charge in [-0.1, -0.05) is 324 Å². The van der Waals surface area contributed by atoms with E-state index in [1.54, 1.807) is 6.08 Å². The van der Waals surface area contributed by atoms with Gasteiger partial charge in [0.1, 0.15) is 0 Å². The average Bonchev–Trinajstić information content (AvgIpc) is 3.40. The maximum Gasteiger partial charge on any atom is 0.220 e. The number of amides is 1. The van der Waals surface area contributed by atoms with Crippen molar-refractivity contribution in [2.45, 2.75) is 341 Å². The zero-order chi connectivity index (χ0) is 52.7. The van der Waals surface area contributed by atoms with Crippen LogP contribution in [0.1, 0.15) is 328 Å². The van der Waals surface area contributed by atoms with E-state index in [1.165, 1.54) is 244 Å². The summed E-state index contributed by atoms with van der Waals surface area (Å²) in [4.78, 5) is 12.5. The van der Waals surface area contributed by atoms with Gasteiger partial charge in [-0.25, -0.2) is 0 Å². The Hall–Kier alpha value is -2.43. The van der Waals surface area contributed by atoms with E-state index in [9.17, 15) is 15.0 Å². The Labute approximate surface area is 456 Å². The molecule has 0 aliphatic heterocycles. The molecule has 3 N–H and O–H groups in total. The summed E-state index contributed by atoms with van der Waals surface area (Å²) in [6.07, 6.45) is 93.6. The third-order valence-corrected chi connectivity index (χ3v) is 14.6. The maximum absolute atomic E-state index is 12.5. The van der Waals surface area contributed by atoms with Crippen molar-refractivity contribution in [1.29, 1.82) is 0 Å². The lowest BCUT2D eigenvalue weighted by Gasteiger charge is -2.19. The summed E-state index contributed by atoms with van der Waals surface area (Å²) in [6, 6.07) is -0.649. The first-order valence-corrected chi connectivity index (χ1v) is 32.3.